The Kier molecular flexibility index (Phi) is 3.77. The monoisotopic (exact) mass is 327 g/mol. The lowest BCUT2D eigenvalue weighted by Gasteiger charge is -2.13. The third-order valence-electron chi connectivity index (χ3n) is 4.24. The molecule has 0 bridgehead atoms. The van der Waals surface area contributed by atoms with Gasteiger partial charge in [-0.2, -0.15) is 0 Å². The topological polar surface area (TPSA) is 63.2 Å². The molecule has 2 amide bonds. The third kappa shape index (κ3) is 2.95. The molecule has 5 nitrogen and oxygen atoms in total. The van der Waals surface area contributed by atoms with Gasteiger partial charge in [0.2, 0.25) is 11.8 Å². The molecule has 2 aliphatic rings. The van der Waals surface area contributed by atoms with Crippen molar-refractivity contribution < 1.29 is 9.59 Å². The van der Waals surface area contributed by atoms with Crippen molar-refractivity contribution in [2.45, 2.75) is 36.6 Å². The van der Waals surface area contributed by atoms with E-state index in [9.17, 15) is 9.59 Å². The summed E-state index contributed by atoms with van der Waals surface area (Å²) in [6, 6.07) is 8.02. The lowest BCUT2D eigenvalue weighted by atomic mass is 10.2. The number of likely N-dealkylation sites (tertiary alicyclic amines) is 1. The fraction of sp³-hybridized carbons (Fsp3) is 0.412. The van der Waals surface area contributed by atoms with Crippen LogP contribution in [0.15, 0.2) is 29.3 Å². The summed E-state index contributed by atoms with van der Waals surface area (Å²) in [6.07, 6.45) is 3.04. The van der Waals surface area contributed by atoms with Crippen LogP contribution in [0.4, 0.5) is 0 Å². The lowest BCUT2D eigenvalue weighted by Crippen LogP contribution is -2.31. The summed E-state index contributed by atoms with van der Waals surface area (Å²) in [5.41, 5.74) is 0.972. The molecule has 2 heterocycles. The Balaban J connectivity index is 1.53. The van der Waals surface area contributed by atoms with E-state index >= 15 is 0 Å². The molecule has 2 fully saturated rings. The van der Waals surface area contributed by atoms with Crippen molar-refractivity contribution in [3.63, 3.8) is 0 Å². The summed E-state index contributed by atoms with van der Waals surface area (Å²) in [7, 11) is 0. The van der Waals surface area contributed by atoms with Gasteiger partial charge in [-0.05, 0) is 18.9 Å². The fourth-order valence-corrected chi connectivity index (χ4v) is 3.76. The molecule has 0 radical (unpaired) electrons. The second kappa shape index (κ2) is 5.92. The van der Waals surface area contributed by atoms with Gasteiger partial charge >= 0.3 is 0 Å². The van der Waals surface area contributed by atoms with Crippen LogP contribution in [0.2, 0.25) is 0 Å². The molecule has 1 aliphatic carbocycles. The normalized spacial score (nSPS) is 18.2. The number of aromatic nitrogens is 2. The molecule has 1 aliphatic heterocycles. The highest BCUT2D eigenvalue weighted by Crippen LogP contribution is 2.39. The predicted molar refractivity (Wildman–Crippen MR) is 88.2 cm³/mol. The lowest BCUT2D eigenvalue weighted by molar-refractivity contribution is -0.137. The predicted octanol–water partition coefficient (Wildman–Crippen LogP) is 2.75. The summed E-state index contributed by atoms with van der Waals surface area (Å²) >= 11 is 1.60. The number of fused-ring (bicyclic) bond motifs is 1. The molecule has 0 unspecified atom stereocenters. The molecule has 1 saturated heterocycles. The number of benzene rings is 1. The Morgan fingerprint density at radius 3 is 2.57 bits per heavy atom. The van der Waals surface area contributed by atoms with Crippen LogP contribution in [0.5, 0.6) is 0 Å². The van der Waals surface area contributed by atoms with Gasteiger partial charge in [0.1, 0.15) is 10.9 Å². The quantitative estimate of drug-likeness (QED) is 0.480. The molecule has 23 heavy (non-hydrogen) atoms. The highest BCUT2D eigenvalue weighted by atomic mass is 32.2. The van der Waals surface area contributed by atoms with Crippen molar-refractivity contribution in [2.24, 2.45) is 0 Å². The van der Waals surface area contributed by atoms with E-state index in [-0.39, 0.29) is 11.8 Å². The number of imide groups is 1. The zero-order valence-corrected chi connectivity index (χ0v) is 13.5. The van der Waals surface area contributed by atoms with Gasteiger partial charge in [-0.3, -0.25) is 14.5 Å². The maximum atomic E-state index is 11.7. The minimum Gasteiger partial charge on any atom is -0.282 e. The van der Waals surface area contributed by atoms with E-state index in [1.165, 1.54) is 17.7 Å². The fourth-order valence-electron chi connectivity index (χ4n) is 2.80. The number of para-hydroxylation sites is 1. The molecule has 0 N–H and O–H groups in total. The van der Waals surface area contributed by atoms with Crippen LogP contribution in [-0.4, -0.2) is 39.0 Å². The van der Waals surface area contributed by atoms with E-state index in [2.05, 4.69) is 4.98 Å². The van der Waals surface area contributed by atoms with Crippen molar-refractivity contribution in [3.8, 4) is 0 Å². The molecule has 2 aromatic rings. The Morgan fingerprint density at radius 2 is 1.83 bits per heavy atom. The summed E-state index contributed by atoms with van der Waals surface area (Å²) in [4.78, 5) is 34.1. The van der Waals surface area contributed by atoms with E-state index in [0.717, 1.165) is 21.8 Å². The van der Waals surface area contributed by atoms with Crippen LogP contribution >= 0.6 is 11.8 Å². The average Bonchev–Trinajstić information content (AvgIpc) is 3.36. The van der Waals surface area contributed by atoms with Gasteiger partial charge in [-0.15, -0.1) is 11.8 Å². The second-order valence-electron chi connectivity index (χ2n) is 5.97. The number of amides is 2. The maximum Gasteiger partial charge on any atom is 0.229 e. The minimum atomic E-state index is -0.0539. The number of hydrogen-bond donors (Lipinski definition) is 0. The summed E-state index contributed by atoms with van der Waals surface area (Å²) in [5, 5.41) is 2.00. The third-order valence-corrected chi connectivity index (χ3v) is 5.21. The van der Waals surface area contributed by atoms with Gasteiger partial charge in [0, 0.05) is 36.4 Å². The van der Waals surface area contributed by atoms with Crippen molar-refractivity contribution in [1.29, 1.82) is 0 Å². The van der Waals surface area contributed by atoms with E-state index in [1.807, 2.05) is 24.3 Å². The number of carbonyl (C=O) groups excluding carboxylic acids is 2. The zero-order chi connectivity index (χ0) is 15.8. The van der Waals surface area contributed by atoms with Crippen LogP contribution in [0.1, 0.15) is 37.4 Å². The highest BCUT2D eigenvalue weighted by molar-refractivity contribution is 7.99. The second-order valence-corrected chi connectivity index (χ2v) is 7.05. The first kappa shape index (κ1) is 14.6. The van der Waals surface area contributed by atoms with Gasteiger partial charge in [0.15, 0.2) is 0 Å². The number of rotatable bonds is 5. The van der Waals surface area contributed by atoms with E-state index in [0.29, 0.717) is 31.1 Å². The van der Waals surface area contributed by atoms with Crippen molar-refractivity contribution >= 4 is 34.5 Å². The van der Waals surface area contributed by atoms with Crippen molar-refractivity contribution in [2.75, 3.05) is 12.3 Å². The number of thioether (sulfide) groups is 1. The maximum absolute atomic E-state index is 11.7. The van der Waals surface area contributed by atoms with E-state index in [4.69, 9.17) is 4.98 Å². The Bertz CT molecular complexity index is 773. The molecule has 1 aromatic heterocycles. The molecule has 1 aromatic carbocycles. The molecular formula is C17H17N3O2S. The van der Waals surface area contributed by atoms with Gasteiger partial charge in [-0.1, -0.05) is 18.2 Å². The number of nitrogens with zero attached hydrogens (tertiary/aromatic N) is 3. The molecule has 6 heteroatoms. The molecule has 4 rings (SSSR count). The van der Waals surface area contributed by atoms with E-state index < -0.39 is 0 Å². The first-order chi connectivity index (χ1) is 11.2. The molecular weight excluding hydrogens is 310 g/mol. The smallest absolute Gasteiger partial charge is 0.229 e. The van der Waals surface area contributed by atoms with Crippen LogP contribution in [0.25, 0.3) is 10.9 Å². The van der Waals surface area contributed by atoms with Gasteiger partial charge in [-0.25, -0.2) is 9.97 Å². The molecule has 0 atom stereocenters. The zero-order valence-electron chi connectivity index (χ0n) is 12.7. The molecule has 0 spiro atoms. The largest absolute Gasteiger partial charge is 0.282 e. The van der Waals surface area contributed by atoms with Gasteiger partial charge in [0.05, 0.1) is 5.52 Å². The summed E-state index contributed by atoms with van der Waals surface area (Å²) in [6.45, 7) is 0.458. The number of hydrogen-bond acceptors (Lipinski definition) is 5. The Hall–Kier alpha value is -1.95. The highest BCUT2D eigenvalue weighted by Gasteiger charge is 2.29. The Morgan fingerprint density at radius 1 is 1.09 bits per heavy atom. The van der Waals surface area contributed by atoms with Gasteiger partial charge < -0.3 is 0 Å². The van der Waals surface area contributed by atoms with Crippen molar-refractivity contribution in [1.82, 2.24) is 14.9 Å². The average molecular weight is 327 g/mol. The summed E-state index contributed by atoms with van der Waals surface area (Å²) < 4.78 is 0. The minimum absolute atomic E-state index is 0.0539. The van der Waals surface area contributed by atoms with E-state index in [1.54, 1.807) is 11.8 Å². The standard InChI is InChI=1S/C17H17N3O2S/c21-14-7-8-15(22)20(14)9-10-23-17-12-3-1-2-4-13(12)18-16(19-17)11-5-6-11/h1-4,11H,5-10H2. The summed E-state index contributed by atoms with van der Waals surface area (Å²) in [5.74, 6) is 1.99. The van der Waals surface area contributed by atoms with Crippen LogP contribution in [0, 0.1) is 0 Å². The van der Waals surface area contributed by atoms with Crippen LogP contribution in [0.3, 0.4) is 0 Å². The first-order valence-electron chi connectivity index (χ1n) is 7.95. The van der Waals surface area contributed by atoms with Gasteiger partial charge in [0.25, 0.3) is 0 Å². The SMILES string of the molecule is O=C1CCC(=O)N1CCSc1nc(C2CC2)nc2ccccc12. The first-order valence-corrected chi connectivity index (χ1v) is 8.93. The van der Waals surface area contributed by atoms with Crippen molar-refractivity contribution in [3.05, 3.63) is 30.1 Å². The number of carbonyl (C=O) groups is 2. The molecule has 1 saturated carbocycles. The van der Waals surface area contributed by atoms with Crippen LogP contribution < -0.4 is 0 Å². The Labute approximate surface area is 138 Å². The van der Waals surface area contributed by atoms with Crippen LogP contribution in [-0.2, 0) is 9.59 Å². The molecule has 118 valence electrons.